The Bertz CT molecular complexity index is 424. The maximum Gasteiger partial charge on any atom is 0.274 e. The smallest absolute Gasteiger partial charge is 0.274 e. The quantitative estimate of drug-likeness (QED) is 0.821. The second-order valence-electron chi connectivity index (χ2n) is 4.39. The van der Waals surface area contributed by atoms with Gasteiger partial charge >= 0.3 is 0 Å². The summed E-state index contributed by atoms with van der Waals surface area (Å²) >= 11 is 5.66. The van der Waals surface area contributed by atoms with E-state index in [9.17, 15) is 4.79 Å². The van der Waals surface area contributed by atoms with Gasteiger partial charge in [0, 0.05) is 6.54 Å². The van der Waals surface area contributed by atoms with Crippen LogP contribution < -0.4 is 0 Å². The number of carbonyl (C=O) groups excluding carboxylic acids is 1. The number of nitrogens with zero attached hydrogens (tertiary/aromatic N) is 3. The number of amides is 1. The van der Waals surface area contributed by atoms with Gasteiger partial charge in [0.05, 0.1) is 31.1 Å². The van der Waals surface area contributed by atoms with E-state index in [1.54, 1.807) is 0 Å². The third-order valence-electron chi connectivity index (χ3n) is 3.04. The predicted molar refractivity (Wildman–Crippen MR) is 67.6 cm³/mol. The summed E-state index contributed by atoms with van der Waals surface area (Å²) in [5.41, 5.74) is 0.326. The maximum absolute atomic E-state index is 12.4. The minimum absolute atomic E-state index is 0.0528. The van der Waals surface area contributed by atoms with Gasteiger partial charge < -0.3 is 9.64 Å². The van der Waals surface area contributed by atoms with Crippen molar-refractivity contribution in [3.8, 4) is 0 Å². The number of ether oxygens (including phenoxy) is 1. The standard InChI is InChI=1S/C12H16ClN3O2/c1-3-9-7-18-8(2)6-16(9)12(17)10-4-15-11(13)5-14-10/h4-5,8-9H,3,6-7H2,1-2H3. The van der Waals surface area contributed by atoms with Crippen LogP contribution in [0.1, 0.15) is 30.8 Å². The number of morpholine rings is 1. The first-order chi connectivity index (χ1) is 8.61. The van der Waals surface area contributed by atoms with E-state index in [4.69, 9.17) is 16.3 Å². The van der Waals surface area contributed by atoms with Gasteiger partial charge in [-0.15, -0.1) is 0 Å². The van der Waals surface area contributed by atoms with Crippen LogP contribution in [0, 0.1) is 0 Å². The zero-order valence-electron chi connectivity index (χ0n) is 10.5. The molecule has 0 N–H and O–H groups in total. The van der Waals surface area contributed by atoms with Crippen molar-refractivity contribution < 1.29 is 9.53 Å². The lowest BCUT2D eigenvalue weighted by Gasteiger charge is -2.38. The second kappa shape index (κ2) is 5.63. The summed E-state index contributed by atoms with van der Waals surface area (Å²) in [7, 11) is 0. The molecule has 1 aliphatic heterocycles. The zero-order chi connectivity index (χ0) is 13.1. The SMILES string of the molecule is CCC1COC(C)CN1C(=O)c1cnc(Cl)cn1. The first-order valence-corrected chi connectivity index (χ1v) is 6.39. The Hall–Kier alpha value is -1.20. The van der Waals surface area contributed by atoms with Crippen LogP contribution in [0.25, 0.3) is 0 Å². The number of carbonyl (C=O) groups is 1. The van der Waals surface area contributed by atoms with Gasteiger partial charge in [-0.2, -0.15) is 0 Å². The molecule has 0 aromatic carbocycles. The molecule has 1 amide bonds. The average molecular weight is 270 g/mol. The van der Waals surface area contributed by atoms with Crippen molar-refractivity contribution in [2.75, 3.05) is 13.2 Å². The summed E-state index contributed by atoms with van der Waals surface area (Å²) in [5, 5.41) is 0.286. The van der Waals surface area contributed by atoms with Gasteiger partial charge in [-0.1, -0.05) is 18.5 Å². The number of halogens is 1. The zero-order valence-corrected chi connectivity index (χ0v) is 11.2. The largest absolute Gasteiger partial charge is 0.375 e. The summed E-state index contributed by atoms with van der Waals surface area (Å²) < 4.78 is 5.57. The average Bonchev–Trinajstić information content (AvgIpc) is 2.39. The fourth-order valence-corrected chi connectivity index (χ4v) is 2.10. The van der Waals surface area contributed by atoms with Crippen molar-refractivity contribution in [3.63, 3.8) is 0 Å². The van der Waals surface area contributed by atoms with E-state index in [2.05, 4.69) is 9.97 Å². The van der Waals surface area contributed by atoms with Crippen molar-refractivity contribution in [1.29, 1.82) is 0 Å². The molecule has 2 unspecified atom stereocenters. The lowest BCUT2D eigenvalue weighted by atomic mass is 10.1. The Morgan fingerprint density at radius 3 is 2.94 bits per heavy atom. The van der Waals surface area contributed by atoms with Crippen LogP contribution in [0.4, 0.5) is 0 Å². The number of hydrogen-bond acceptors (Lipinski definition) is 4. The van der Waals surface area contributed by atoms with Crippen molar-refractivity contribution >= 4 is 17.5 Å². The molecule has 0 spiro atoms. The molecule has 0 bridgehead atoms. The summed E-state index contributed by atoms with van der Waals surface area (Å²) in [6, 6.07) is 0.103. The van der Waals surface area contributed by atoms with Crippen LogP contribution in [0.5, 0.6) is 0 Å². The van der Waals surface area contributed by atoms with Crippen molar-refractivity contribution in [3.05, 3.63) is 23.2 Å². The molecule has 6 heteroatoms. The van der Waals surface area contributed by atoms with Gasteiger partial charge in [0.25, 0.3) is 5.91 Å². The minimum Gasteiger partial charge on any atom is -0.375 e. The van der Waals surface area contributed by atoms with Crippen LogP contribution in [0.15, 0.2) is 12.4 Å². The number of aromatic nitrogens is 2. The molecule has 5 nitrogen and oxygen atoms in total. The highest BCUT2D eigenvalue weighted by Gasteiger charge is 2.30. The topological polar surface area (TPSA) is 55.3 Å². The Kier molecular flexibility index (Phi) is 4.14. The Morgan fingerprint density at radius 2 is 2.33 bits per heavy atom. The first-order valence-electron chi connectivity index (χ1n) is 6.02. The van der Waals surface area contributed by atoms with Gasteiger partial charge in [0.2, 0.25) is 0 Å². The predicted octanol–water partition coefficient (Wildman–Crippen LogP) is 1.77. The van der Waals surface area contributed by atoms with E-state index in [-0.39, 0.29) is 23.2 Å². The summed E-state index contributed by atoms with van der Waals surface area (Å²) in [4.78, 5) is 22.1. The van der Waals surface area contributed by atoms with E-state index in [0.29, 0.717) is 18.8 Å². The lowest BCUT2D eigenvalue weighted by Crippen LogP contribution is -2.51. The Labute approximate surface area is 111 Å². The van der Waals surface area contributed by atoms with E-state index in [1.165, 1.54) is 12.4 Å². The van der Waals surface area contributed by atoms with Crippen molar-refractivity contribution in [2.45, 2.75) is 32.4 Å². The molecule has 1 aliphatic rings. The number of hydrogen-bond donors (Lipinski definition) is 0. The summed E-state index contributed by atoms with van der Waals surface area (Å²) in [6.07, 6.45) is 3.72. The van der Waals surface area contributed by atoms with Crippen LogP contribution in [0.2, 0.25) is 5.15 Å². The lowest BCUT2D eigenvalue weighted by molar-refractivity contribution is -0.0446. The van der Waals surface area contributed by atoms with Crippen molar-refractivity contribution in [2.24, 2.45) is 0 Å². The van der Waals surface area contributed by atoms with E-state index >= 15 is 0 Å². The molecule has 1 aromatic rings. The molecule has 2 rings (SSSR count). The maximum atomic E-state index is 12.4. The Balaban J connectivity index is 2.17. The third-order valence-corrected chi connectivity index (χ3v) is 3.23. The van der Waals surface area contributed by atoms with Gasteiger partial charge in [0.1, 0.15) is 10.8 Å². The Morgan fingerprint density at radius 1 is 1.56 bits per heavy atom. The molecular formula is C12H16ClN3O2. The van der Waals surface area contributed by atoms with Crippen LogP contribution >= 0.6 is 11.6 Å². The fraction of sp³-hybridized carbons (Fsp3) is 0.583. The third kappa shape index (κ3) is 2.79. The van der Waals surface area contributed by atoms with Crippen LogP contribution in [-0.4, -0.2) is 46.1 Å². The first kappa shape index (κ1) is 13.2. The molecular weight excluding hydrogens is 254 g/mol. The van der Waals surface area contributed by atoms with Gasteiger partial charge in [0.15, 0.2) is 0 Å². The molecule has 1 saturated heterocycles. The molecule has 98 valence electrons. The molecule has 2 heterocycles. The highest BCUT2D eigenvalue weighted by molar-refractivity contribution is 6.29. The second-order valence-corrected chi connectivity index (χ2v) is 4.78. The van der Waals surface area contributed by atoms with Crippen molar-refractivity contribution in [1.82, 2.24) is 14.9 Å². The molecule has 0 aliphatic carbocycles. The van der Waals surface area contributed by atoms with Crippen LogP contribution in [-0.2, 0) is 4.74 Å². The van der Waals surface area contributed by atoms with E-state index in [0.717, 1.165) is 6.42 Å². The molecule has 1 fully saturated rings. The van der Waals surface area contributed by atoms with E-state index in [1.807, 2.05) is 18.7 Å². The fourth-order valence-electron chi connectivity index (χ4n) is 2.00. The molecule has 2 atom stereocenters. The highest BCUT2D eigenvalue weighted by Crippen LogP contribution is 2.17. The van der Waals surface area contributed by atoms with Gasteiger partial charge in [-0.3, -0.25) is 4.79 Å². The molecule has 1 aromatic heterocycles. The summed E-state index contributed by atoms with van der Waals surface area (Å²) in [5.74, 6) is -0.110. The molecule has 18 heavy (non-hydrogen) atoms. The molecule has 0 saturated carbocycles. The summed E-state index contributed by atoms with van der Waals surface area (Å²) in [6.45, 7) is 5.16. The van der Waals surface area contributed by atoms with E-state index < -0.39 is 0 Å². The van der Waals surface area contributed by atoms with Gasteiger partial charge in [-0.05, 0) is 13.3 Å². The number of rotatable bonds is 2. The van der Waals surface area contributed by atoms with Crippen LogP contribution in [0.3, 0.4) is 0 Å². The van der Waals surface area contributed by atoms with Gasteiger partial charge in [-0.25, -0.2) is 9.97 Å². The minimum atomic E-state index is -0.110. The highest BCUT2D eigenvalue weighted by atomic mass is 35.5. The normalized spacial score (nSPS) is 24.1. The molecule has 0 radical (unpaired) electrons. The monoisotopic (exact) mass is 269 g/mol.